The molecule has 4 rings (SSSR count). The first-order valence-electron chi connectivity index (χ1n) is 11.2. The molecular weight excluding hydrogens is 448 g/mol. The second-order valence-electron chi connectivity index (χ2n) is 10.5. The van der Waals surface area contributed by atoms with E-state index in [1.54, 1.807) is 18.2 Å². The molecule has 2 aromatic carbocycles. The number of aliphatic carboxylic acids is 1. The van der Waals surface area contributed by atoms with Crippen molar-refractivity contribution in [3.63, 3.8) is 0 Å². The van der Waals surface area contributed by atoms with Crippen LogP contribution in [0, 0.1) is 17.2 Å². The van der Waals surface area contributed by atoms with E-state index < -0.39 is 17.9 Å². The number of hydrogen-bond acceptors (Lipinski definition) is 2. The molecule has 1 heterocycles. The molecule has 1 N–H and O–H groups in total. The highest BCUT2D eigenvalue weighted by atomic mass is 35.5. The minimum Gasteiger partial charge on any atom is -0.480 e. The summed E-state index contributed by atoms with van der Waals surface area (Å²) < 4.78 is 15.3. The predicted molar refractivity (Wildman–Crippen MR) is 127 cm³/mol. The first kappa shape index (κ1) is 23.5. The average Bonchev–Trinajstić information content (AvgIpc) is 3.44. The standard InChI is InChI=1S/C26H30Cl2FNO2/c1-26(2,3)13-21-23(19-10-9-18(28)12-20(19)29)22(16-5-4-6-17(27)11-16)24(25(31)32)30(21)14-15-7-8-15/h4-6,9-12,15,21-24H,7-8,13-14H2,1-3H3,(H,31,32). The summed E-state index contributed by atoms with van der Waals surface area (Å²) in [6.07, 6.45) is 2.99. The van der Waals surface area contributed by atoms with Crippen LogP contribution in [-0.2, 0) is 4.79 Å². The van der Waals surface area contributed by atoms with E-state index in [4.69, 9.17) is 23.2 Å². The molecule has 6 heteroatoms. The van der Waals surface area contributed by atoms with Crippen molar-refractivity contribution in [2.45, 2.75) is 64.0 Å². The molecule has 2 aromatic rings. The number of rotatable bonds is 6. The van der Waals surface area contributed by atoms with Crippen LogP contribution in [-0.4, -0.2) is 34.6 Å². The van der Waals surface area contributed by atoms with Crippen molar-refractivity contribution in [3.8, 4) is 0 Å². The quantitative estimate of drug-likeness (QED) is 0.487. The molecule has 4 atom stereocenters. The molecule has 3 nitrogen and oxygen atoms in total. The van der Waals surface area contributed by atoms with Gasteiger partial charge in [-0.1, -0.05) is 62.2 Å². The molecule has 4 unspecified atom stereocenters. The number of benzene rings is 2. The van der Waals surface area contributed by atoms with E-state index >= 15 is 4.39 Å². The number of carboxylic acids is 1. The molecule has 2 fully saturated rings. The number of likely N-dealkylation sites (tertiary alicyclic amines) is 1. The predicted octanol–water partition coefficient (Wildman–Crippen LogP) is 6.98. The van der Waals surface area contributed by atoms with E-state index in [-0.39, 0.29) is 23.2 Å². The molecule has 2 aliphatic rings. The van der Waals surface area contributed by atoms with Gasteiger partial charge in [0.2, 0.25) is 0 Å². The number of nitrogens with zero attached hydrogens (tertiary/aromatic N) is 1. The third-order valence-electron chi connectivity index (χ3n) is 6.72. The molecule has 1 saturated carbocycles. The summed E-state index contributed by atoms with van der Waals surface area (Å²) in [6, 6.07) is 11.3. The van der Waals surface area contributed by atoms with Gasteiger partial charge in [-0.15, -0.1) is 0 Å². The van der Waals surface area contributed by atoms with Crippen LogP contribution >= 0.6 is 23.2 Å². The van der Waals surface area contributed by atoms with Crippen LogP contribution in [0.15, 0.2) is 42.5 Å². The zero-order valence-electron chi connectivity index (χ0n) is 18.7. The summed E-state index contributed by atoms with van der Waals surface area (Å²) in [6.45, 7) is 7.18. The lowest BCUT2D eigenvalue weighted by Gasteiger charge is -2.35. The van der Waals surface area contributed by atoms with Crippen molar-refractivity contribution in [1.82, 2.24) is 4.90 Å². The minimum absolute atomic E-state index is 0.0557. The first-order chi connectivity index (χ1) is 15.0. The van der Waals surface area contributed by atoms with Crippen molar-refractivity contribution in [2.75, 3.05) is 6.54 Å². The van der Waals surface area contributed by atoms with Gasteiger partial charge in [-0.05, 0) is 66.0 Å². The molecule has 1 aliphatic heterocycles. The van der Waals surface area contributed by atoms with E-state index in [2.05, 4.69) is 25.7 Å². The second kappa shape index (κ2) is 8.96. The van der Waals surface area contributed by atoms with Gasteiger partial charge in [0.25, 0.3) is 0 Å². The largest absolute Gasteiger partial charge is 0.480 e. The fraction of sp³-hybridized carbons (Fsp3) is 0.500. The highest BCUT2D eigenvalue weighted by molar-refractivity contribution is 6.30. The van der Waals surface area contributed by atoms with Crippen LogP contribution in [0.2, 0.25) is 10.0 Å². The van der Waals surface area contributed by atoms with Crippen LogP contribution in [0.3, 0.4) is 0 Å². The third-order valence-corrected chi connectivity index (χ3v) is 7.19. The highest BCUT2D eigenvalue weighted by Gasteiger charge is 2.55. The zero-order valence-corrected chi connectivity index (χ0v) is 20.2. The smallest absolute Gasteiger partial charge is 0.321 e. The van der Waals surface area contributed by atoms with Crippen molar-refractivity contribution in [2.24, 2.45) is 11.3 Å². The third kappa shape index (κ3) is 4.98. The van der Waals surface area contributed by atoms with Gasteiger partial charge in [0.05, 0.1) is 0 Å². The van der Waals surface area contributed by atoms with Crippen LogP contribution in [0.25, 0.3) is 0 Å². The fourth-order valence-electron chi connectivity index (χ4n) is 5.35. The Kier molecular flexibility index (Phi) is 6.59. The Morgan fingerprint density at radius 1 is 1.09 bits per heavy atom. The van der Waals surface area contributed by atoms with Gasteiger partial charge < -0.3 is 5.11 Å². The van der Waals surface area contributed by atoms with Gasteiger partial charge in [-0.3, -0.25) is 9.69 Å². The SMILES string of the molecule is CC(C)(C)CC1C(c2ccc(Cl)cc2F)C(c2cccc(Cl)c2)C(C(=O)O)N1CC1CC1. The zero-order chi connectivity index (χ0) is 23.2. The maximum absolute atomic E-state index is 15.3. The van der Waals surface area contributed by atoms with Gasteiger partial charge in [0, 0.05) is 34.5 Å². The highest BCUT2D eigenvalue weighted by Crippen LogP contribution is 2.53. The Labute approximate surface area is 199 Å². The number of carbonyl (C=O) groups is 1. The molecule has 32 heavy (non-hydrogen) atoms. The van der Waals surface area contributed by atoms with Gasteiger partial charge in [0.1, 0.15) is 11.9 Å². The van der Waals surface area contributed by atoms with E-state index in [1.165, 1.54) is 6.07 Å². The summed E-state index contributed by atoms with van der Waals surface area (Å²) in [5, 5.41) is 11.3. The van der Waals surface area contributed by atoms with Crippen LogP contribution < -0.4 is 0 Å². The Morgan fingerprint density at radius 3 is 2.34 bits per heavy atom. The number of carboxylic acid groups (broad SMARTS) is 1. The molecule has 1 aliphatic carbocycles. The molecule has 0 bridgehead atoms. The fourth-order valence-corrected chi connectivity index (χ4v) is 5.70. The summed E-state index contributed by atoms with van der Waals surface area (Å²) in [5.41, 5.74) is 1.31. The second-order valence-corrected chi connectivity index (χ2v) is 11.4. The van der Waals surface area contributed by atoms with Crippen molar-refractivity contribution >= 4 is 29.2 Å². The van der Waals surface area contributed by atoms with Gasteiger partial charge >= 0.3 is 5.97 Å². The Balaban J connectivity index is 1.91. The lowest BCUT2D eigenvalue weighted by atomic mass is 9.74. The van der Waals surface area contributed by atoms with Crippen molar-refractivity contribution in [3.05, 3.63) is 69.5 Å². The summed E-state index contributed by atoms with van der Waals surface area (Å²) in [7, 11) is 0. The molecule has 0 spiro atoms. The number of hydrogen-bond donors (Lipinski definition) is 1. The number of halogens is 3. The molecule has 172 valence electrons. The molecule has 0 radical (unpaired) electrons. The minimum atomic E-state index is -0.869. The lowest BCUT2D eigenvalue weighted by molar-refractivity contribution is -0.143. The van der Waals surface area contributed by atoms with Crippen LogP contribution in [0.4, 0.5) is 4.39 Å². The summed E-state index contributed by atoms with van der Waals surface area (Å²) >= 11 is 12.4. The first-order valence-corrected chi connectivity index (χ1v) is 12.0. The molecule has 0 amide bonds. The van der Waals surface area contributed by atoms with E-state index in [0.717, 1.165) is 31.4 Å². The van der Waals surface area contributed by atoms with Crippen molar-refractivity contribution in [1.29, 1.82) is 0 Å². The molecular formula is C26H30Cl2FNO2. The summed E-state index contributed by atoms with van der Waals surface area (Å²) in [5.74, 6) is -1.50. The molecule has 0 aromatic heterocycles. The average molecular weight is 478 g/mol. The lowest BCUT2D eigenvalue weighted by Crippen LogP contribution is -2.44. The monoisotopic (exact) mass is 477 g/mol. The Morgan fingerprint density at radius 2 is 1.78 bits per heavy atom. The van der Waals surface area contributed by atoms with E-state index in [0.29, 0.717) is 21.5 Å². The maximum atomic E-state index is 15.3. The Hall–Kier alpha value is -1.62. The molecule has 1 saturated heterocycles. The van der Waals surface area contributed by atoms with E-state index in [9.17, 15) is 9.90 Å². The van der Waals surface area contributed by atoms with Gasteiger partial charge in [-0.2, -0.15) is 0 Å². The van der Waals surface area contributed by atoms with Gasteiger partial charge in [0.15, 0.2) is 0 Å². The van der Waals surface area contributed by atoms with Crippen LogP contribution in [0.1, 0.15) is 63.0 Å². The van der Waals surface area contributed by atoms with Gasteiger partial charge in [-0.25, -0.2) is 4.39 Å². The maximum Gasteiger partial charge on any atom is 0.321 e. The summed E-state index contributed by atoms with van der Waals surface area (Å²) in [4.78, 5) is 14.9. The van der Waals surface area contributed by atoms with Crippen molar-refractivity contribution < 1.29 is 14.3 Å². The van der Waals surface area contributed by atoms with E-state index in [1.807, 2.05) is 18.2 Å². The van der Waals surface area contributed by atoms with Crippen LogP contribution in [0.5, 0.6) is 0 Å². The topological polar surface area (TPSA) is 40.5 Å². The Bertz CT molecular complexity index is 1000. The normalized spacial score (nSPS) is 26.4.